The molecule has 0 atom stereocenters. The van der Waals surface area contributed by atoms with E-state index in [0.29, 0.717) is 10.2 Å². The normalized spacial score (nSPS) is 10.4. The molecule has 0 saturated heterocycles. The van der Waals surface area contributed by atoms with Gasteiger partial charge in [0.25, 0.3) is 0 Å². The van der Waals surface area contributed by atoms with Crippen LogP contribution in [0.2, 0.25) is 10.2 Å². The van der Waals surface area contributed by atoms with Gasteiger partial charge in [0.05, 0.1) is 5.02 Å². The van der Waals surface area contributed by atoms with Crippen molar-refractivity contribution in [2.75, 3.05) is 0 Å². The van der Waals surface area contributed by atoms with Gasteiger partial charge in [0, 0.05) is 29.2 Å². The summed E-state index contributed by atoms with van der Waals surface area (Å²) in [5, 5.41) is 0.823. The van der Waals surface area contributed by atoms with Crippen molar-refractivity contribution in [1.82, 2.24) is 9.97 Å². The molecule has 0 bridgehead atoms. The van der Waals surface area contributed by atoms with E-state index in [1.54, 1.807) is 12.4 Å². The summed E-state index contributed by atoms with van der Waals surface area (Å²) >= 11 is 11.9. The molecule has 2 aromatic heterocycles. The Hall–Kier alpha value is -1.12. The standard InChI is InChI=1S/C12H10Cl2N2/c1-2-11-9(6-10(13)12(14)16-11)8-4-3-5-15-7-8/h3-7H,2H2,1H3. The highest BCUT2D eigenvalue weighted by atomic mass is 35.5. The zero-order valence-electron chi connectivity index (χ0n) is 8.74. The molecular weight excluding hydrogens is 243 g/mol. The third kappa shape index (κ3) is 2.18. The van der Waals surface area contributed by atoms with Gasteiger partial charge in [-0.2, -0.15) is 0 Å². The monoisotopic (exact) mass is 252 g/mol. The summed E-state index contributed by atoms with van der Waals surface area (Å²) in [6.07, 6.45) is 4.33. The van der Waals surface area contributed by atoms with E-state index in [4.69, 9.17) is 23.2 Å². The van der Waals surface area contributed by atoms with Crippen LogP contribution >= 0.6 is 23.2 Å². The fourth-order valence-electron chi connectivity index (χ4n) is 1.54. The summed E-state index contributed by atoms with van der Waals surface area (Å²) in [5.74, 6) is 0. The molecule has 0 aliphatic carbocycles. The second kappa shape index (κ2) is 4.81. The fraction of sp³-hybridized carbons (Fsp3) is 0.167. The van der Waals surface area contributed by atoms with Crippen molar-refractivity contribution in [2.45, 2.75) is 13.3 Å². The number of pyridine rings is 2. The molecule has 2 heterocycles. The van der Waals surface area contributed by atoms with Gasteiger partial charge in [-0.1, -0.05) is 36.2 Å². The molecule has 16 heavy (non-hydrogen) atoms. The van der Waals surface area contributed by atoms with Crippen LogP contribution in [0.1, 0.15) is 12.6 Å². The first-order valence-electron chi connectivity index (χ1n) is 4.97. The molecule has 4 heteroatoms. The van der Waals surface area contributed by atoms with Crippen LogP contribution in [0.5, 0.6) is 0 Å². The lowest BCUT2D eigenvalue weighted by Crippen LogP contribution is -1.94. The first kappa shape index (κ1) is 11.4. The minimum Gasteiger partial charge on any atom is -0.264 e. The molecule has 82 valence electrons. The Balaban J connectivity index is 2.60. The average molecular weight is 253 g/mol. The zero-order chi connectivity index (χ0) is 11.5. The van der Waals surface area contributed by atoms with Crippen molar-refractivity contribution in [2.24, 2.45) is 0 Å². The first-order chi connectivity index (χ1) is 7.72. The van der Waals surface area contributed by atoms with Crippen molar-refractivity contribution in [3.8, 4) is 11.1 Å². The van der Waals surface area contributed by atoms with Gasteiger partial charge >= 0.3 is 0 Å². The largest absolute Gasteiger partial charge is 0.264 e. The fourth-order valence-corrected chi connectivity index (χ4v) is 1.85. The Morgan fingerprint density at radius 3 is 2.75 bits per heavy atom. The van der Waals surface area contributed by atoms with E-state index in [0.717, 1.165) is 23.2 Å². The van der Waals surface area contributed by atoms with Crippen molar-refractivity contribution in [3.63, 3.8) is 0 Å². The van der Waals surface area contributed by atoms with Gasteiger partial charge in [-0.25, -0.2) is 4.98 Å². The molecule has 0 aliphatic heterocycles. The highest BCUT2D eigenvalue weighted by Crippen LogP contribution is 2.29. The smallest absolute Gasteiger partial charge is 0.147 e. The van der Waals surface area contributed by atoms with Crippen LogP contribution in [-0.2, 0) is 6.42 Å². The van der Waals surface area contributed by atoms with Crippen LogP contribution in [0, 0.1) is 0 Å². The molecule has 0 spiro atoms. The van der Waals surface area contributed by atoms with Gasteiger partial charge in [-0.15, -0.1) is 0 Å². The van der Waals surface area contributed by atoms with Crippen molar-refractivity contribution < 1.29 is 0 Å². The number of aromatic nitrogens is 2. The summed E-state index contributed by atoms with van der Waals surface area (Å²) in [6.45, 7) is 2.03. The summed E-state index contributed by atoms with van der Waals surface area (Å²) in [7, 11) is 0. The Morgan fingerprint density at radius 1 is 1.31 bits per heavy atom. The van der Waals surface area contributed by atoms with Gasteiger partial charge in [-0.3, -0.25) is 4.98 Å². The van der Waals surface area contributed by atoms with Gasteiger partial charge in [0.2, 0.25) is 0 Å². The Labute approximate surface area is 104 Å². The summed E-state index contributed by atoms with van der Waals surface area (Å²) < 4.78 is 0. The lowest BCUT2D eigenvalue weighted by molar-refractivity contribution is 1.04. The lowest BCUT2D eigenvalue weighted by atomic mass is 10.0. The number of halogens is 2. The quantitative estimate of drug-likeness (QED) is 0.755. The molecule has 0 aromatic carbocycles. The SMILES string of the molecule is CCc1nc(Cl)c(Cl)cc1-c1cccnc1. The highest BCUT2D eigenvalue weighted by Gasteiger charge is 2.09. The van der Waals surface area contributed by atoms with Crippen molar-refractivity contribution in [1.29, 1.82) is 0 Å². The van der Waals surface area contributed by atoms with Crippen molar-refractivity contribution >= 4 is 23.2 Å². The molecular formula is C12H10Cl2N2. The predicted octanol–water partition coefficient (Wildman–Crippen LogP) is 4.01. The molecule has 2 nitrogen and oxygen atoms in total. The third-order valence-corrected chi connectivity index (χ3v) is 2.99. The molecule has 0 amide bonds. The van der Waals surface area contributed by atoms with E-state index in [-0.39, 0.29) is 0 Å². The van der Waals surface area contributed by atoms with Crippen LogP contribution < -0.4 is 0 Å². The minimum atomic E-state index is 0.353. The maximum absolute atomic E-state index is 5.98. The van der Waals surface area contributed by atoms with Gasteiger partial charge < -0.3 is 0 Å². The molecule has 0 unspecified atom stereocenters. The maximum atomic E-state index is 5.98. The van der Waals surface area contributed by atoms with Crippen LogP contribution in [0.3, 0.4) is 0 Å². The van der Waals surface area contributed by atoms with Crippen LogP contribution in [0.15, 0.2) is 30.6 Å². The molecule has 0 saturated carbocycles. The number of hydrogen-bond donors (Lipinski definition) is 0. The number of rotatable bonds is 2. The highest BCUT2D eigenvalue weighted by molar-refractivity contribution is 6.41. The number of aryl methyl sites for hydroxylation is 1. The molecule has 0 fully saturated rings. The van der Waals surface area contributed by atoms with Gasteiger partial charge in [-0.05, 0) is 18.6 Å². The predicted molar refractivity (Wildman–Crippen MR) is 66.9 cm³/mol. The Morgan fingerprint density at radius 2 is 2.12 bits per heavy atom. The third-order valence-electron chi connectivity index (χ3n) is 2.32. The summed E-state index contributed by atoms with van der Waals surface area (Å²) in [4.78, 5) is 8.36. The minimum absolute atomic E-state index is 0.353. The number of hydrogen-bond acceptors (Lipinski definition) is 2. The topological polar surface area (TPSA) is 25.8 Å². The average Bonchev–Trinajstić information content (AvgIpc) is 2.33. The van der Waals surface area contributed by atoms with E-state index in [9.17, 15) is 0 Å². The van der Waals surface area contributed by atoms with Crippen molar-refractivity contribution in [3.05, 3.63) is 46.5 Å². The van der Waals surface area contributed by atoms with E-state index >= 15 is 0 Å². The van der Waals surface area contributed by atoms with Gasteiger partial charge in [0.1, 0.15) is 5.15 Å². The molecule has 2 aromatic rings. The lowest BCUT2D eigenvalue weighted by Gasteiger charge is -2.08. The van der Waals surface area contributed by atoms with Gasteiger partial charge in [0.15, 0.2) is 0 Å². The summed E-state index contributed by atoms with van der Waals surface area (Å²) in [5.41, 5.74) is 2.93. The Kier molecular flexibility index (Phi) is 3.42. The second-order valence-electron chi connectivity index (χ2n) is 3.35. The van der Waals surface area contributed by atoms with E-state index in [1.165, 1.54) is 0 Å². The molecule has 2 rings (SSSR count). The maximum Gasteiger partial charge on any atom is 0.147 e. The molecule has 0 aliphatic rings. The Bertz CT molecular complexity index is 498. The van der Waals surface area contributed by atoms with Crippen LogP contribution in [0.4, 0.5) is 0 Å². The number of nitrogens with zero attached hydrogens (tertiary/aromatic N) is 2. The van der Waals surface area contributed by atoms with Crippen LogP contribution in [0.25, 0.3) is 11.1 Å². The van der Waals surface area contributed by atoms with E-state index in [1.807, 2.05) is 25.1 Å². The summed E-state index contributed by atoms with van der Waals surface area (Å²) in [6, 6.07) is 5.71. The molecule has 0 radical (unpaired) electrons. The van der Waals surface area contributed by atoms with Crippen LogP contribution in [-0.4, -0.2) is 9.97 Å². The van der Waals surface area contributed by atoms with E-state index in [2.05, 4.69) is 9.97 Å². The first-order valence-corrected chi connectivity index (χ1v) is 5.73. The second-order valence-corrected chi connectivity index (χ2v) is 4.12. The zero-order valence-corrected chi connectivity index (χ0v) is 10.3. The van der Waals surface area contributed by atoms with E-state index < -0.39 is 0 Å². The molecule has 0 N–H and O–H groups in total.